The van der Waals surface area contributed by atoms with E-state index in [-0.39, 0.29) is 18.6 Å². The summed E-state index contributed by atoms with van der Waals surface area (Å²) in [5.74, 6) is 1.60. The van der Waals surface area contributed by atoms with Crippen molar-refractivity contribution in [2.24, 2.45) is 11.8 Å². The predicted octanol–water partition coefficient (Wildman–Crippen LogP) is 2.39. The molecular weight excluding hydrogens is 350 g/mol. The predicted molar refractivity (Wildman–Crippen MR) is 105 cm³/mol. The van der Waals surface area contributed by atoms with Crippen LogP contribution in [0, 0.1) is 11.8 Å². The van der Waals surface area contributed by atoms with Gasteiger partial charge >= 0.3 is 0 Å². The van der Waals surface area contributed by atoms with Crippen molar-refractivity contribution >= 4 is 28.3 Å². The number of pyridine rings is 1. The number of anilines is 1. The van der Waals surface area contributed by atoms with Gasteiger partial charge in [0.25, 0.3) is 0 Å². The number of para-hydroxylation sites is 1. The SMILES string of the molecule is OC[C@H]1CN(c2ccc3cccc(Cl)c3n2)C[C@H]1CN1CCC(O)CC1. The summed E-state index contributed by atoms with van der Waals surface area (Å²) in [6.07, 6.45) is 1.56. The highest BCUT2D eigenvalue weighted by atomic mass is 35.5. The first kappa shape index (κ1) is 18.0. The third kappa shape index (κ3) is 3.67. The molecule has 4 rings (SSSR count). The van der Waals surface area contributed by atoms with Crippen LogP contribution in [-0.4, -0.2) is 65.5 Å². The molecule has 5 nitrogen and oxygen atoms in total. The van der Waals surface area contributed by atoms with Crippen LogP contribution in [-0.2, 0) is 0 Å². The largest absolute Gasteiger partial charge is 0.396 e. The molecule has 2 aliphatic rings. The molecule has 0 bridgehead atoms. The maximum Gasteiger partial charge on any atom is 0.129 e. The monoisotopic (exact) mass is 375 g/mol. The van der Waals surface area contributed by atoms with Crippen LogP contribution >= 0.6 is 11.6 Å². The Morgan fingerprint density at radius 3 is 2.62 bits per heavy atom. The van der Waals surface area contributed by atoms with E-state index < -0.39 is 0 Å². The molecule has 0 unspecified atom stereocenters. The van der Waals surface area contributed by atoms with Gasteiger partial charge < -0.3 is 20.0 Å². The van der Waals surface area contributed by atoms with Gasteiger partial charge in [0.15, 0.2) is 0 Å². The minimum Gasteiger partial charge on any atom is -0.396 e. The van der Waals surface area contributed by atoms with E-state index in [0.717, 1.165) is 62.3 Å². The van der Waals surface area contributed by atoms with E-state index in [1.165, 1.54) is 0 Å². The molecular formula is C20H26ClN3O2. The van der Waals surface area contributed by atoms with E-state index >= 15 is 0 Å². The first-order valence-corrected chi connectivity index (χ1v) is 9.83. The van der Waals surface area contributed by atoms with E-state index in [1.807, 2.05) is 24.3 Å². The first-order chi connectivity index (χ1) is 12.6. The summed E-state index contributed by atoms with van der Waals surface area (Å²) in [7, 11) is 0. The molecule has 1 aromatic heterocycles. The van der Waals surface area contributed by atoms with Gasteiger partial charge in [-0.05, 0) is 37.0 Å². The molecule has 2 aliphatic heterocycles. The average Bonchev–Trinajstić information content (AvgIpc) is 3.06. The zero-order chi connectivity index (χ0) is 18.1. The Kier molecular flexibility index (Phi) is 5.32. The van der Waals surface area contributed by atoms with Crippen molar-refractivity contribution in [3.63, 3.8) is 0 Å². The maximum atomic E-state index is 9.86. The Morgan fingerprint density at radius 1 is 1.08 bits per heavy atom. The van der Waals surface area contributed by atoms with Gasteiger partial charge in [0.05, 0.1) is 16.6 Å². The van der Waals surface area contributed by atoms with Crippen LogP contribution in [0.4, 0.5) is 5.82 Å². The minimum absolute atomic E-state index is 0.147. The standard InChI is InChI=1S/C20H26ClN3O2/c21-18-3-1-2-14-4-5-19(22-20(14)18)24-11-15(16(12-24)13-25)10-23-8-6-17(26)7-9-23/h1-5,15-17,25-26H,6-13H2/t15-,16-/m1/s1. The number of hydrogen-bond acceptors (Lipinski definition) is 5. The van der Waals surface area contributed by atoms with Crippen molar-refractivity contribution in [3.8, 4) is 0 Å². The van der Waals surface area contributed by atoms with Crippen LogP contribution in [0.3, 0.4) is 0 Å². The van der Waals surface area contributed by atoms with Gasteiger partial charge in [-0.25, -0.2) is 4.98 Å². The van der Waals surface area contributed by atoms with Gasteiger partial charge in [-0.3, -0.25) is 0 Å². The number of likely N-dealkylation sites (tertiary alicyclic amines) is 1. The number of piperidine rings is 1. The molecule has 2 aromatic rings. The number of halogens is 1. The van der Waals surface area contributed by atoms with Crippen LogP contribution in [0.15, 0.2) is 30.3 Å². The fourth-order valence-electron chi connectivity index (χ4n) is 4.25. The number of aliphatic hydroxyl groups is 2. The lowest BCUT2D eigenvalue weighted by Gasteiger charge is -2.32. The summed E-state index contributed by atoms with van der Waals surface area (Å²) >= 11 is 6.31. The molecule has 0 radical (unpaired) electrons. The normalized spacial score (nSPS) is 25.3. The highest BCUT2D eigenvalue weighted by Crippen LogP contribution is 2.31. The molecule has 140 valence electrons. The Labute approximate surface area is 159 Å². The van der Waals surface area contributed by atoms with E-state index in [1.54, 1.807) is 0 Å². The Hall–Kier alpha value is -1.40. The van der Waals surface area contributed by atoms with E-state index in [0.29, 0.717) is 10.9 Å². The summed E-state index contributed by atoms with van der Waals surface area (Å²) in [6, 6.07) is 9.94. The van der Waals surface area contributed by atoms with E-state index in [2.05, 4.69) is 15.9 Å². The lowest BCUT2D eigenvalue weighted by molar-refractivity contribution is 0.0687. The molecule has 0 aliphatic carbocycles. The molecule has 6 heteroatoms. The van der Waals surface area contributed by atoms with Crippen LogP contribution in [0.5, 0.6) is 0 Å². The van der Waals surface area contributed by atoms with Gasteiger partial charge in [0.1, 0.15) is 5.82 Å². The highest BCUT2D eigenvalue weighted by Gasteiger charge is 2.34. The fourth-order valence-corrected chi connectivity index (χ4v) is 4.47. The van der Waals surface area contributed by atoms with Crippen molar-refractivity contribution in [3.05, 3.63) is 35.4 Å². The third-order valence-electron chi connectivity index (χ3n) is 5.84. The second kappa shape index (κ2) is 7.69. The summed E-state index contributed by atoms with van der Waals surface area (Å²) < 4.78 is 0. The van der Waals surface area contributed by atoms with Crippen LogP contribution in [0.1, 0.15) is 12.8 Å². The number of hydrogen-bond donors (Lipinski definition) is 2. The number of aromatic nitrogens is 1. The van der Waals surface area contributed by atoms with Crippen molar-refractivity contribution in [2.75, 3.05) is 44.2 Å². The number of benzene rings is 1. The van der Waals surface area contributed by atoms with Gasteiger partial charge in [0, 0.05) is 50.6 Å². The first-order valence-electron chi connectivity index (χ1n) is 9.45. The topological polar surface area (TPSA) is 59.8 Å². The van der Waals surface area contributed by atoms with Gasteiger partial charge in [0.2, 0.25) is 0 Å². The maximum absolute atomic E-state index is 9.86. The van der Waals surface area contributed by atoms with E-state index in [4.69, 9.17) is 16.6 Å². The zero-order valence-electron chi connectivity index (χ0n) is 14.9. The molecule has 2 N–H and O–H groups in total. The zero-order valence-corrected chi connectivity index (χ0v) is 15.6. The molecule has 2 fully saturated rings. The second-order valence-electron chi connectivity index (χ2n) is 7.62. The van der Waals surface area contributed by atoms with Crippen LogP contribution < -0.4 is 4.90 Å². The van der Waals surface area contributed by atoms with E-state index in [9.17, 15) is 10.2 Å². The van der Waals surface area contributed by atoms with Crippen molar-refractivity contribution < 1.29 is 10.2 Å². The van der Waals surface area contributed by atoms with Crippen LogP contribution in [0.2, 0.25) is 5.02 Å². The third-order valence-corrected chi connectivity index (χ3v) is 6.15. The smallest absolute Gasteiger partial charge is 0.129 e. The van der Waals surface area contributed by atoms with Gasteiger partial charge in [-0.1, -0.05) is 23.7 Å². The van der Waals surface area contributed by atoms with Crippen LogP contribution in [0.25, 0.3) is 10.9 Å². The fraction of sp³-hybridized carbons (Fsp3) is 0.550. The number of rotatable bonds is 4. The van der Waals surface area contributed by atoms with Crippen molar-refractivity contribution in [1.29, 1.82) is 0 Å². The number of nitrogens with zero attached hydrogens (tertiary/aromatic N) is 3. The summed E-state index contributed by atoms with van der Waals surface area (Å²) in [6.45, 7) is 4.78. The quantitative estimate of drug-likeness (QED) is 0.859. The molecule has 1 aromatic carbocycles. The van der Waals surface area contributed by atoms with Gasteiger partial charge in [-0.2, -0.15) is 0 Å². The van der Waals surface area contributed by atoms with Crippen molar-refractivity contribution in [1.82, 2.24) is 9.88 Å². The minimum atomic E-state index is -0.147. The average molecular weight is 376 g/mol. The Morgan fingerprint density at radius 2 is 1.85 bits per heavy atom. The summed E-state index contributed by atoms with van der Waals surface area (Å²) in [4.78, 5) is 9.48. The number of aliphatic hydroxyl groups excluding tert-OH is 2. The molecule has 0 amide bonds. The summed E-state index contributed by atoms with van der Waals surface area (Å²) in [5.41, 5.74) is 0.834. The molecule has 26 heavy (non-hydrogen) atoms. The lowest BCUT2D eigenvalue weighted by Crippen LogP contribution is -2.40. The molecule has 0 saturated carbocycles. The van der Waals surface area contributed by atoms with Crippen molar-refractivity contribution in [2.45, 2.75) is 18.9 Å². The Bertz CT molecular complexity index is 764. The molecule has 2 atom stereocenters. The molecule has 0 spiro atoms. The van der Waals surface area contributed by atoms with Gasteiger partial charge in [-0.15, -0.1) is 0 Å². The molecule has 3 heterocycles. The number of fused-ring (bicyclic) bond motifs is 1. The molecule has 2 saturated heterocycles. The highest BCUT2D eigenvalue weighted by molar-refractivity contribution is 6.35. The lowest BCUT2D eigenvalue weighted by atomic mass is 9.95. The Balaban J connectivity index is 1.49. The second-order valence-corrected chi connectivity index (χ2v) is 8.03. The summed E-state index contributed by atoms with van der Waals surface area (Å²) in [5, 5.41) is 21.3.